The van der Waals surface area contributed by atoms with Gasteiger partial charge >= 0.3 is 0 Å². The van der Waals surface area contributed by atoms with Gasteiger partial charge in [0.05, 0.1) is 26.4 Å². The Labute approximate surface area is 377 Å². The number of carbonyl (C=O) groups excluding carboxylic acids is 4. The van der Waals surface area contributed by atoms with Gasteiger partial charge in [0.15, 0.2) is 27.1 Å². The van der Waals surface area contributed by atoms with E-state index in [4.69, 9.17) is 0 Å². The Kier molecular flexibility index (Phi) is 17.6. The third-order valence-corrected chi connectivity index (χ3v) is 15.1. The quantitative estimate of drug-likeness (QED) is 0.0502. The zero-order chi connectivity index (χ0) is 46.4. The Balaban J connectivity index is 1.29. The third-order valence-electron chi connectivity index (χ3n) is 11.6. The first-order valence-electron chi connectivity index (χ1n) is 22.2. The van der Waals surface area contributed by atoms with Gasteiger partial charge in [0, 0.05) is 35.0 Å². The summed E-state index contributed by atoms with van der Waals surface area (Å²) in [5.74, 6) is -1.91. The molecular weight excluding hydrogens is 853 g/mol. The van der Waals surface area contributed by atoms with Gasteiger partial charge in [-0.2, -0.15) is 20.3 Å². The highest BCUT2D eigenvalue weighted by Gasteiger charge is 2.42. The van der Waals surface area contributed by atoms with Crippen LogP contribution in [-0.2, 0) is 39.0 Å². The van der Waals surface area contributed by atoms with Gasteiger partial charge in [0.1, 0.15) is 0 Å². The molecule has 2 amide bonds. The summed E-state index contributed by atoms with van der Waals surface area (Å²) < 4.78 is 58.6. The fourth-order valence-corrected chi connectivity index (χ4v) is 10.8. The number of carbonyl (C=O) groups is 4. The fourth-order valence-electron chi connectivity index (χ4n) is 7.82. The molecule has 2 atom stereocenters. The summed E-state index contributed by atoms with van der Waals surface area (Å²) in [4.78, 5) is 53.0. The molecular formula is C48H60N6O8S2. The van der Waals surface area contributed by atoms with E-state index in [1.54, 1.807) is 44.2 Å². The van der Waals surface area contributed by atoms with Crippen LogP contribution in [0, 0.1) is 0 Å². The number of sulfone groups is 1. The first kappa shape index (κ1) is 49.4. The molecule has 2 aliphatic rings. The first-order valence-corrected chi connectivity index (χ1v) is 25.3. The summed E-state index contributed by atoms with van der Waals surface area (Å²) in [5, 5.41) is 14.7. The Hall–Kier alpha value is -5.61. The van der Waals surface area contributed by atoms with Crippen molar-refractivity contribution in [2.45, 2.75) is 139 Å². The minimum absolute atomic E-state index is 0.0545. The average Bonchev–Trinajstić information content (AvgIpc) is 3.63. The van der Waals surface area contributed by atoms with Crippen LogP contribution in [0.25, 0.3) is 0 Å². The van der Waals surface area contributed by atoms with E-state index in [2.05, 4.69) is 32.3 Å². The molecule has 64 heavy (non-hydrogen) atoms. The lowest BCUT2D eigenvalue weighted by atomic mass is 9.81. The number of benzene rings is 3. The third kappa shape index (κ3) is 11.9. The second-order valence-corrected chi connectivity index (χ2v) is 20.0. The molecule has 3 aromatic rings. The lowest BCUT2D eigenvalue weighted by Crippen LogP contribution is -2.37. The largest absolute Gasteiger partial charge is 0.354 e. The molecule has 2 unspecified atom stereocenters. The van der Waals surface area contributed by atoms with Crippen LogP contribution in [0.3, 0.4) is 0 Å². The van der Waals surface area contributed by atoms with E-state index in [-0.39, 0.29) is 62.2 Å². The summed E-state index contributed by atoms with van der Waals surface area (Å²) in [6.07, 6.45) is 12.9. The zero-order valence-electron chi connectivity index (χ0n) is 37.4. The van der Waals surface area contributed by atoms with Crippen LogP contribution >= 0.6 is 0 Å². The van der Waals surface area contributed by atoms with Crippen molar-refractivity contribution in [3.63, 3.8) is 0 Å². The van der Waals surface area contributed by atoms with Gasteiger partial charge in [-0.1, -0.05) is 109 Å². The van der Waals surface area contributed by atoms with Gasteiger partial charge in [-0.15, -0.1) is 0 Å². The molecule has 1 aliphatic heterocycles. The summed E-state index contributed by atoms with van der Waals surface area (Å²) in [7, 11) is -7.00. The lowest BCUT2D eigenvalue weighted by Gasteiger charge is -2.27. The van der Waals surface area contributed by atoms with Crippen LogP contribution in [0.1, 0.15) is 118 Å². The van der Waals surface area contributed by atoms with Crippen molar-refractivity contribution in [1.29, 1.82) is 0 Å². The fraction of sp³-hybridized carbons (Fsp3) is 0.438. The molecule has 1 heterocycles. The maximum atomic E-state index is 14.6. The van der Waals surface area contributed by atoms with E-state index in [0.29, 0.717) is 24.1 Å². The maximum Gasteiger partial charge on any atom is 0.280 e. The molecule has 2 N–H and O–H groups in total. The smallest absolute Gasteiger partial charge is 0.280 e. The Bertz CT molecular complexity index is 2520. The van der Waals surface area contributed by atoms with Crippen molar-refractivity contribution in [3.05, 3.63) is 101 Å². The number of sulfonamides is 1. The number of hydrogen-bond donors (Lipinski definition) is 2. The molecule has 0 radical (unpaired) electrons. The Morgan fingerprint density at radius 2 is 1.28 bits per heavy atom. The topological polar surface area (TPSA) is 201 Å². The van der Waals surface area contributed by atoms with Crippen LogP contribution in [0.2, 0.25) is 0 Å². The molecule has 1 aliphatic carbocycles. The van der Waals surface area contributed by atoms with E-state index in [0.717, 1.165) is 30.7 Å². The standard InChI is InChI=1S/C48H60N6O8S2/c1-6-8-9-10-11-12-13-14-15-16-20-24-41(42-40(21-7-2)45(55)33(3)34(4)46(42)56)63(59,60)38-29-27-36(28-30-38)53-64(61,62)39-31-25-35(26-32-39)50-51-44-43(47(57)49-5)52-54(48(44)58)37-22-18-17-19-23-37/h17-19,22-23,25-32,41,44,53H,6-16,20-21,24H2,1-5H3,(H,49,57). The molecule has 14 nitrogen and oxygen atoms in total. The van der Waals surface area contributed by atoms with Crippen LogP contribution < -0.4 is 15.0 Å². The number of hydrogen-bond acceptors (Lipinski definition) is 11. The normalized spacial score (nSPS) is 16.5. The molecule has 0 fully saturated rings. The lowest BCUT2D eigenvalue weighted by molar-refractivity contribution is -0.119. The summed E-state index contributed by atoms with van der Waals surface area (Å²) >= 11 is 0. The van der Waals surface area contributed by atoms with Crippen LogP contribution in [-0.4, -0.2) is 64.3 Å². The van der Waals surface area contributed by atoms with E-state index < -0.39 is 48.7 Å². The Morgan fingerprint density at radius 3 is 1.86 bits per heavy atom. The summed E-state index contributed by atoms with van der Waals surface area (Å²) in [6.45, 7) is 7.27. The van der Waals surface area contributed by atoms with Gasteiger partial charge in [-0.3, -0.25) is 23.9 Å². The van der Waals surface area contributed by atoms with Crippen LogP contribution in [0.5, 0.6) is 0 Å². The van der Waals surface area contributed by atoms with Gasteiger partial charge in [0.25, 0.3) is 21.8 Å². The van der Waals surface area contributed by atoms with E-state index in [1.807, 2.05) is 6.92 Å². The maximum absolute atomic E-state index is 14.6. The van der Waals surface area contributed by atoms with Crippen LogP contribution in [0.4, 0.5) is 17.1 Å². The summed E-state index contributed by atoms with van der Waals surface area (Å²) in [5.41, 5.74) is 1.49. The molecule has 0 spiro atoms. The van der Waals surface area contributed by atoms with E-state index >= 15 is 0 Å². The van der Waals surface area contributed by atoms with Gasteiger partial charge in [0.2, 0.25) is 6.04 Å². The van der Waals surface area contributed by atoms with Gasteiger partial charge < -0.3 is 5.32 Å². The van der Waals surface area contributed by atoms with Gasteiger partial charge in [-0.05, 0) is 87.4 Å². The number of amides is 2. The minimum atomic E-state index is -4.22. The van der Waals surface area contributed by atoms with Crippen molar-refractivity contribution >= 4 is 66.0 Å². The molecule has 0 saturated carbocycles. The number of azo groups is 1. The second kappa shape index (κ2) is 22.8. The average molecular weight is 913 g/mol. The molecule has 3 aromatic carbocycles. The van der Waals surface area contributed by atoms with Crippen molar-refractivity contribution in [2.24, 2.45) is 15.3 Å². The van der Waals surface area contributed by atoms with Crippen LogP contribution in [0.15, 0.2) is 126 Å². The summed E-state index contributed by atoms with van der Waals surface area (Å²) in [6, 6.07) is 17.9. The molecule has 5 rings (SSSR count). The van der Waals surface area contributed by atoms with Gasteiger partial charge in [-0.25, -0.2) is 16.8 Å². The molecule has 0 aromatic heterocycles. The number of hydrazone groups is 1. The number of rotatable bonds is 24. The number of allylic oxidation sites excluding steroid dienone is 3. The molecule has 16 heteroatoms. The number of nitrogens with one attached hydrogen (secondary N) is 2. The molecule has 342 valence electrons. The number of unbranched alkanes of at least 4 members (excludes halogenated alkanes) is 10. The highest BCUT2D eigenvalue weighted by molar-refractivity contribution is 7.93. The highest BCUT2D eigenvalue weighted by atomic mass is 32.2. The number of para-hydroxylation sites is 1. The van der Waals surface area contributed by atoms with E-state index in [1.165, 1.54) is 94.1 Å². The zero-order valence-corrected chi connectivity index (χ0v) is 39.1. The minimum Gasteiger partial charge on any atom is -0.354 e. The SMILES string of the molecule is CCCCCCCCCCCCCC(C1=C(CCC)C(=O)C(C)=C(C)C1=O)S(=O)(=O)c1ccc(NS(=O)(=O)c2ccc(N=NC3C(=O)N(c4ccccc4)N=C3C(=O)NC)cc2)cc1. The number of Topliss-reactive ketones (excluding diaryl/α,β-unsaturated/α-hetero) is 2. The van der Waals surface area contributed by atoms with Crippen molar-refractivity contribution in [1.82, 2.24) is 5.32 Å². The number of ketones is 2. The number of nitrogens with zero attached hydrogens (tertiary/aromatic N) is 4. The highest BCUT2D eigenvalue weighted by Crippen LogP contribution is 2.36. The molecule has 0 saturated heterocycles. The predicted molar refractivity (Wildman–Crippen MR) is 250 cm³/mol. The monoisotopic (exact) mass is 912 g/mol. The van der Waals surface area contributed by atoms with Crippen molar-refractivity contribution < 1.29 is 36.0 Å². The predicted octanol–water partition coefficient (Wildman–Crippen LogP) is 9.52. The van der Waals surface area contributed by atoms with Crippen molar-refractivity contribution in [3.8, 4) is 0 Å². The number of anilines is 2. The van der Waals surface area contributed by atoms with E-state index in [9.17, 15) is 36.0 Å². The molecule has 0 bridgehead atoms. The second-order valence-electron chi connectivity index (χ2n) is 16.2. The Morgan fingerprint density at radius 1 is 0.719 bits per heavy atom. The van der Waals surface area contributed by atoms with Crippen molar-refractivity contribution in [2.75, 3.05) is 16.8 Å². The first-order chi connectivity index (χ1) is 30.7.